The van der Waals surface area contributed by atoms with Crippen molar-refractivity contribution in [3.63, 3.8) is 0 Å². The summed E-state index contributed by atoms with van der Waals surface area (Å²) in [6, 6.07) is -0.202. The summed E-state index contributed by atoms with van der Waals surface area (Å²) in [4.78, 5) is 14.3. The van der Waals surface area contributed by atoms with Crippen LogP contribution in [0.25, 0.3) is 0 Å². The molecule has 2 fully saturated rings. The Bertz CT molecular complexity index is 416. The quantitative estimate of drug-likeness (QED) is 0.802. The highest BCUT2D eigenvalue weighted by atomic mass is 32.2. The SMILES string of the molecule is CCCCN(C(=O)[C@@H]1CCCN1)C1CCS(=O)(=O)C1. The molecule has 0 spiro atoms. The monoisotopic (exact) mass is 288 g/mol. The Morgan fingerprint density at radius 2 is 2.16 bits per heavy atom. The maximum Gasteiger partial charge on any atom is 0.239 e. The third kappa shape index (κ3) is 3.69. The van der Waals surface area contributed by atoms with E-state index in [9.17, 15) is 13.2 Å². The number of hydrogen-bond donors (Lipinski definition) is 1. The highest BCUT2D eigenvalue weighted by Crippen LogP contribution is 2.21. The number of carbonyl (C=O) groups excluding carboxylic acids is 1. The lowest BCUT2D eigenvalue weighted by Gasteiger charge is -2.30. The lowest BCUT2D eigenvalue weighted by atomic mass is 10.1. The van der Waals surface area contributed by atoms with Crippen molar-refractivity contribution in [3.8, 4) is 0 Å². The Hall–Kier alpha value is -0.620. The summed E-state index contributed by atoms with van der Waals surface area (Å²) in [6.07, 6.45) is 4.46. The zero-order chi connectivity index (χ0) is 13.9. The summed E-state index contributed by atoms with van der Waals surface area (Å²) in [6.45, 7) is 3.66. The second kappa shape index (κ2) is 6.22. The van der Waals surface area contributed by atoms with Crippen molar-refractivity contribution in [2.75, 3.05) is 24.6 Å². The van der Waals surface area contributed by atoms with Crippen LogP contribution in [-0.2, 0) is 14.6 Å². The third-order valence-corrected chi connectivity index (χ3v) is 5.79. The molecule has 0 radical (unpaired) electrons. The van der Waals surface area contributed by atoms with E-state index in [-0.39, 0.29) is 29.5 Å². The van der Waals surface area contributed by atoms with Crippen molar-refractivity contribution in [2.24, 2.45) is 0 Å². The van der Waals surface area contributed by atoms with Gasteiger partial charge in [0, 0.05) is 12.6 Å². The molecule has 0 aromatic carbocycles. The van der Waals surface area contributed by atoms with E-state index in [4.69, 9.17) is 0 Å². The molecule has 0 aliphatic carbocycles. The average molecular weight is 288 g/mol. The summed E-state index contributed by atoms with van der Waals surface area (Å²) in [5.41, 5.74) is 0. The summed E-state index contributed by atoms with van der Waals surface area (Å²) >= 11 is 0. The molecule has 1 amide bonds. The fraction of sp³-hybridized carbons (Fsp3) is 0.923. The first-order valence-corrected chi connectivity index (χ1v) is 9.10. The number of hydrogen-bond acceptors (Lipinski definition) is 4. The number of amides is 1. The van der Waals surface area contributed by atoms with E-state index in [2.05, 4.69) is 12.2 Å². The van der Waals surface area contributed by atoms with E-state index < -0.39 is 9.84 Å². The first-order chi connectivity index (χ1) is 9.03. The second-order valence-corrected chi connectivity index (χ2v) is 7.82. The number of unbranched alkanes of at least 4 members (excludes halogenated alkanes) is 1. The van der Waals surface area contributed by atoms with Crippen LogP contribution in [0.15, 0.2) is 0 Å². The summed E-state index contributed by atoms with van der Waals surface area (Å²) in [7, 11) is -2.94. The Labute approximate surface area is 115 Å². The van der Waals surface area contributed by atoms with Gasteiger partial charge in [0.05, 0.1) is 17.5 Å². The minimum absolute atomic E-state index is 0.0971. The first-order valence-electron chi connectivity index (χ1n) is 7.28. The molecule has 19 heavy (non-hydrogen) atoms. The topological polar surface area (TPSA) is 66.5 Å². The molecule has 2 aliphatic rings. The predicted octanol–water partition coefficient (Wildman–Crippen LogP) is 0.554. The molecule has 6 heteroatoms. The lowest BCUT2D eigenvalue weighted by Crippen LogP contribution is -2.49. The molecule has 2 aliphatic heterocycles. The number of nitrogens with zero attached hydrogens (tertiary/aromatic N) is 1. The van der Waals surface area contributed by atoms with E-state index in [0.717, 1.165) is 32.2 Å². The molecule has 1 N–H and O–H groups in total. The van der Waals surface area contributed by atoms with E-state index in [1.54, 1.807) is 0 Å². The molecule has 0 saturated carbocycles. The van der Waals surface area contributed by atoms with Crippen molar-refractivity contribution in [1.82, 2.24) is 10.2 Å². The molecule has 0 aromatic heterocycles. The van der Waals surface area contributed by atoms with E-state index >= 15 is 0 Å². The Morgan fingerprint density at radius 1 is 1.37 bits per heavy atom. The van der Waals surface area contributed by atoms with Gasteiger partial charge in [0.1, 0.15) is 0 Å². The maximum atomic E-state index is 12.5. The van der Waals surface area contributed by atoms with Crippen LogP contribution in [0, 0.1) is 0 Å². The van der Waals surface area contributed by atoms with Crippen LogP contribution in [0.2, 0.25) is 0 Å². The Morgan fingerprint density at radius 3 is 2.68 bits per heavy atom. The van der Waals surface area contributed by atoms with Crippen molar-refractivity contribution in [1.29, 1.82) is 0 Å². The molecule has 1 unspecified atom stereocenters. The van der Waals surface area contributed by atoms with Crippen LogP contribution in [0.4, 0.5) is 0 Å². The highest BCUT2D eigenvalue weighted by Gasteiger charge is 2.37. The Kier molecular flexibility index (Phi) is 4.84. The minimum Gasteiger partial charge on any atom is -0.337 e. The molecule has 0 aromatic rings. The number of nitrogens with one attached hydrogen (secondary N) is 1. The number of rotatable bonds is 5. The van der Waals surface area contributed by atoms with E-state index in [1.807, 2.05) is 4.90 Å². The third-order valence-electron chi connectivity index (χ3n) is 4.04. The van der Waals surface area contributed by atoms with E-state index in [1.165, 1.54) is 0 Å². The largest absolute Gasteiger partial charge is 0.337 e. The molecule has 2 atom stereocenters. The molecular formula is C13H24N2O3S. The molecule has 2 rings (SSSR count). The molecule has 5 nitrogen and oxygen atoms in total. The molecule has 0 bridgehead atoms. The first kappa shape index (κ1) is 14.8. The van der Waals surface area contributed by atoms with Crippen LogP contribution >= 0.6 is 0 Å². The van der Waals surface area contributed by atoms with E-state index in [0.29, 0.717) is 13.0 Å². The minimum atomic E-state index is -2.94. The smallest absolute Gasteiger partial charge is 0.239 e. The van der Waals surface area contributed by atoms with Gasteiger partial charge >= 0.3 is 0 Å². The van der Waals surface area contributed by atoms with Crippen molar-refractivity contribution >= 4 is 15.7 Å². The van der Waals surface area contributed by atoms with Gasteiger partial charge in [-0.15, -0.1) is 0 Å². The van der Waals surface area contributed by atoms with Gasteiger partial charge in [-0.1, -0.05) is 13.3 Å². The molecule has 2 saturated heterocycles. The standard InChI is InChI=1S/C13H24N2O3S/c1-2-3-8-15(11-6-9-19(17,18)10-11)13(16)12-5-4-7-14-12/h11-12,14H,2-10H2,1H3/t11?,12-/m0/s1. The van der Waals surface area contributed by atoms with Gasteiger partial charge in [-0.2, -0.15) is 0 Å². The number of sulfone groups is 1. The van der Waals surface area contributed by atoms with Crippen LogP contribution in [0.3, 0.4) is 0 Å². The fourth-order valence-electron chi connectivity index (χ4n) is 2.92. The predicted molar refractivity (Wildman–Crippen MR) is 74.7 cm³/mol. The lowest BCUT2D eigenvalue weighted by molar-refractivity contribution is -0.135. The summed E-state index contributed by atoms with van der Waals surface area (Å²) in [5.74, 6) is 0.481. The fourth-order valence-corrected chi connectivity index (χ4v) is 4.65. The van der Waals surface area contributed by atoms with Gasteiger partial charge in [-0.25, -0.2) is 8.42 Å². The number of carbonyl (C=O) groups is 1. The summed E-state index contributed by atoms with van der Waals surface area (Å²) in [5, 5.41) is 3.22. The van der Waals surface area contributed by atoms with Crippen molar-refractivity contribution in [2.45, 2.75) is 51.1 Å². The summed E-state index contributed by atoms with van der Waals surface area (Å²) < 4.78 is 23.2. The maximum absolute atomic E-state index is 12.5. The van der Waals surface area contributed by atoms with Crippen LogP contribution in [0.1, 0.15) is 39.0 Å². The normalized spacial score (nSPS) is 29.5. The van der Waals surface area contributed by atoms with Gasteiger partial charge in [-0.05, 0) is 32.2 Å². The molecule has 2 heterocycles. The molecular weight excluding hydrogens is 264 g/mol. The Balaban J connectivity index is 2.04. The van der Waals surface area contributed by atoms with Gasteiger partial charge in [0.25, 0.3) is 0 Å². The molecule has 110 valence electrons. The van der Waals surface area contributed by atoms with Crippen molar-refractivity contribution in [3.05, 3.63) is 0 Å². The van der Waals surface area contributed by atoms with Gasteiger partial charge < -0.3 is 10.2 Å². The van der Waals surface area contributed by atoms with Crippen LogP contribution in [-0.4, -0.2) is 55.9 Å². The van der Waals surface area contributed by atoms with Crippen molar-refractivity contribution < 1.29 is 13.2 Å². The highest BCUT2D eigenvalue weighted by molar-refractivity contribution is 7.91. The average Bonchev–Trinajstić information content (AvgIpc) is 2.99. The zero-order valence-corrected chi connectivity index (χ0v) is 12.4. The van der Waals surface area contributed by atoms with Crippen LogP contribution < -0.4 is 5.32 Å². The van der Waals surface area contributed by atoms with Gasteiger partial charge in [0.15, 0.2) is 9.84 Å². The zero-order valence-electron chi connectivity index (χ0n) is 11.6. The van der Waals surface area contributed by atoms with Crippen LogP contribution in [0.5, 0.6) is 0 Å². The van der Waals surface area contributed by atoms with Gasteiger partial charge in [0.2, 0.25) is 5.91 Å². The second-order valence-electron chi connectivity index (χ2n) is 5.59. The van der Waals surface area contributed by atoms with Gasteiger partial charge in [-0.3, -0.25) is 4.79 Å².